The van der Waals surface area contributed by atoms with Crippen molar-refractivity contribution >= 4 is 21.6 Å². The molecule has 1 fully saturated rings. The van der Waals surface area contributed by atoms with Gasteiger partial charge in [-0.05, 0) is 50.6 Å². The first-order chi connectivity index (χ1) is 9.52. The van der Waals surface area contributed by atoms with Gasteiger partial charge in [0.05, 0.1) is 12.2 Å². The van der Waals surface area contributed by atoms with Crippen molar-refractivity contribution < 1.29 is 4.74 Å². The Kier molecular flexibility index (Phi) is 5.47. The van der Waals surface area contributed by atoms with Gasteiger partial charge in [-0.25, -0.2) is 0 Å². The molecule has 0 bridgehead atoms. The minimum atomic E-state index is -0.0700. The summed E-state index contributed by atoms with van der Waals surface area (Å²) in [6.07, 6.45) is 1.16. The summed E-state index contributed by atoms with van der Waals surface area (Å²) in [6.45, 7) is 11.2. The Bertz CT molecular complexity index is 448. The maximum Gasteiger partial charge on any atom is 0.0801 e. The fourth-order valence-electron chi connectivity index (χ4n) is 2.63. The molecule has 1 heterocycles. The zero-order valence-corrected chi connectivity index (χ0v) is 14.3. The molecular weight excluding hydrogens is 316 g/mol. The molecule has 1 aliphatic rings. The highest BCUT2D eigenvalue weighted by molar-refractivity contribution is 9.10. The van der Waals surface area contributed by atoms with Crippen molar-refractivity contribution in [2.45, 2.75) is 39.3 Å². The van der Waals surface area contributed by atoms with Gasteiger partial charge in [0, 0.05) is 29.8 Å². The van der Waals surface area contributed by atoms with Gasteiger partial charge < -0.3 is 15.0 Å². The molecule has 2 rings (SSSR count). The second kappa shape index (κ2) is 6.92. The Balaban J connectivity index is 2.17. The number of ether oxygens (including phenoxy) is 1. The summed E-state index contributed by atoms with van der Waals surface area (Å²) in [5.41, 5.74) is 2.61. The first kappa shape index (κ1) is 15.8. The van der Waals surface area contributed by atoms with E-state index in [0.717, 1.165) is 43.7 Å². The number of rotatable bonds is 5. The molecule has 0 aliphatic carbocycles. The van der Waals surface area contributed by atoms with Crippen molar-refractivity contribution in [1.29, 1.82) is 0 Å². The van der Waals surface area contributed by atoms with Crippen LogP contribution in [0.25, 0.3) is 0 Å². The second-order valence-electron chi connectivity index (χ2n) is 5.98. The minimum Gasteiger partial charge on any atom is -0.372 e. The first-order valence-corrected chi connectivity index (χ1v) is 8.19. The minimum absolute atomic E-state index is 0.0700. The summed E-state index contributed by atoms with van der Waals surface area (Å²) >= 11 is 3.58. The van der Waals surface area contributed by atoms with E-state index >= 15 is 0 Å². The molecule has 1 saturated heterocycles. The van der Waals surface area contributed by atoms with E-state index in [1.54, 1.807) is 0 Å². The summed E-state index contributed by atoms with van der Waals surface area (Å²) in [5, 5.41) is 3.50. The molecule has 0 saturated carbocycles. The molecule has 20 heavy (non-hydrogen) atoms. The molecule has 0 spiro atoms. The molecule has 1 aromatic carbocycles. The summed E-state index contributed by atoms with van der Waals surface area (Å²) in [5.74, 6) is 0. The molecule has 0 atom stereocenters. The molecule has 4 heteroatoms. The lowest BCUT2D eigenvalue weighted by molar-refractivity contribution is -0.0277. The van der Waals surface area contributed by atoms with E-state index in [0.29, 0.717) is 0 Å². The van der Waals surface area contributed by atoms with E-state index in [2.05, 4.69) is 65.1 Å². The van der Waals surface area contributed by atoms with E-state index in [-0.39, 0.29) is 5.60 Å². The number of nitrogens with zero attached hydrogens (tertiary/aromatic N) is 1. The third-order valence-electron chi connectivity index (χ3n) is 3.55. The van der Waals surface area contributed by atoms with Crippen LogP contribution in [0.5, 0.6) is 0 Å². The number of benzene rings is 1. The van der Waals surface area contributed by atoms with Crippen LogP contribution in [-0.4, -0.2) is 31.8 Å². The van der Waals surface area contributed by atoms with Crippen LogP contribution >= 0.6 is 15.9 Å². The van der Waals surface area contributed by atoms with Crippen LogP contribution in [0.4, 0.5) is 5.69 Å². The summed E-state index contributed by atoms with van der Waals surface area (Å²) in [6, 6.07) is 6.57. The van der Waals surface area contributed by atoms with Gasteiger partial charge in [0.25, 0.3) is 0 Å². The zero-order valence-electron chi connectivity index (χ0n) is 12.7. The smallest absolute Gasteiger partial charge is 0.0801 e. The predicted octanol–water partition coefficient (Wildman–Crippen LogP) is 3.56. The lowest BCUT2D eigenvalue weighted by atomic mass is 10.0. The third-order valence-corrected chi connectivity index (χ3v) is 4.04. The SMILES string of the molecule is CCCNCc1cc(Br)ccc1N1CCOC(C)(C)C1. The molecule has 3 nitrogen and oxygen atoms in total. The number of nitrogens with one attached hydrogen (secondary N) is 1. The van der Waals surface area contributed by atoms with E-state index in [1.165, 1.54) is 11.3 Å². The van der Waals surface area contributed by atoms with Crippen molar-refractivity contribution in [2.24, 2.45) is 0 Å². The summed E-state index contributed by atoms with van der Waals surface area (Å²) in [7, 11) is 0. The van der Waals surface area contributed by atoms with Gasteiger partial charge in [-0.3, -0.25) is 0 Å². The van der Waals surface area contributed by atoms with Crippen LogP contribution in [0.15, 0.2) is 22.7 Å². The highest BCUT2D eigenvalue weighted by Gasteiger charge is 2.28. The second-order valence-corrected chi connectivity index (χ2v) is 6.90. The molecule has 1 N–H and O–H groups in total. The molecule has 0 unspecified atom stereocenters. The predicted molar refractivity (Wildman–Crippen MR) is 88.4 cm³/mol. The van der Waals surface area contributed by atoms with Crippen LogP contribution in [0, 0.1) is 0 Å². The Hall–Kier alpha value is -0.580. The quantitative estimate of drug-likeness (QED) is 0.829. The lowest BCUT2D eigenvalue weighted by Crippen LogP contribution is -2.48. The average molecular weight is 341 g/mol. The normalized spacial score (nSPS) is 18.3. The summed E-state index contributed by atoms with van der Waals surface area (Å²) < 4.78 is 6.95. The molecule has 1 aromatic rings. The maximum atomic E-state index is 5.81. The highest BCUT2D eigenvalue weighted by Crippen LogP contribution is 2.28. The van der Waals surface area contributed by atoms with Crippen LogP contribution in [0.1, 0.15) is 32.8 Å². The van der Waals surface area contributed by atoms with E-state index in [9.17, 15) is 0 Å². The van der Waals surface area contributed by atoms with E-state index in [4.69, 9.17) is 4.74 Å². The monoisotopic (exact) mass is 340 g/mol. The van der Waals surface area contributed by atoms with E-state index in [1.807, 2.05) is 0 Å². The third kappa shape index (κ3) is 4.21. The van der Waals surface area contributed by atoms with Crippen molar-refractivity contribution in [1.82, 2.24) is 5.32 Å². The Labute approximate surface area is 130 Å². The van der Waals surface area contributed by atoms with Crippen LogP contribution in [-0.2, 0) is 11.3 Å². The van der Waals surface area contributed by atoms with Gasteiger partial charge in [0.1, 0.15) is 0 Å². The average Bonchev–Trinajstić information content (AvgIpc) is 2.38. The summed E-state index contributed by atoms with van der Waals surface area (Å²) in [4.78, 5) is 2.44. The molecule has 112 valence electrons. The number of morpholine rings is 1. The Morgan fingerprint density at radius 3 is 2.90 bits per heavy atom. The molecule has 0 aromatic heterocycles. The van der Waals surface area contributed by atoms with Crippen molar-refractivity contribution in [3.05, 3.63) is 28.2 Å². The number of anilines is 1. The van der Waals surface area contributed by atoms with Crippen LogP contribution in [0.3, 0.4) is 0 Å². The van der Waals surface area contributed by atoms with Crippen molar-refractivity contribution in [3.63, 3.8) is 0 Å². The largest absolute Gasteiger partial charge is 0.372 e. The molecular formula is C16H25BrN2O. The Morgan fingerprint density at radius 2 is 2.20 bits per heavy atom. The lowest BCUT2D eigenvalue weighted by Gasteiger charge is -2.40. The fraction of sp³-hybridized carbons (Fsp3) is 0.625. The van der Waals surface area contributed by atoms with Gasteiger partial charge in [-0.15, -0.1) is 0 Å². The number of hydrogen-bond donors (Lipinski definition) is 1. The zero-order chi connectivity index (χ0) is 14.6. The fourth-order valence-corrected chi connectivity index (χ4v) is 3.03. The highest BCUT2D eigenvalue weighted by atomic mass is 79.9. The first-order valence-electron chi connectivity index (χ1n) is 7.40. The van der Waals surface area contributed by atoms with Crippen molar-refractivity contribution in [2.75, 3.05) is 31.1 Å². The van der Waals surface area contributed by atoms with E-state index < -0.39 is 0 Å². The van der Waals surface area contributed by atoms with Gasteiger partial charge in [0.15, 0.2) is 0 Å². The number of hydrogen-bond acceptors (Lipinski definition) is 3. The van der Waals surface area contributed by atoms with Gasteiger partial charge in [-0.2, -0.15) is 0 Å². The standard InChI is InChI=1S/C16H25BrN2O/c1-4-7-18-11-13-10-14(17)5-6-15(13)19-8-9-20-16(2,3)12-19/h5-6,10,18H,4,7-9,11-12H2,1-3H3. The van der Waals surface area contributed by atoms with Gasteiger partial charge in [-0.1, -0.05) is 22.9 Å². The topological polar surface area (TPSA) is 24.5 Å². The molecule has 0 amide bonds. The van der Waals surface area contributed by atoms with Gasteiger partial charge >= 0.3 is 0 Å². The number of halogens is 1. The van der Waals surface area contributed by atoms with Crippen LogP contribution < -0.4 is 10.2 Å². The van der Waals surface area contributed by atoms with Gasteiger partial charge in [0.2, 0.25) is 0 Å². The molecule has 0 radical (unpaired) electrons. The molecule has 1 aliphatic heterocycles. The van der Waals surface area contributed by atoms with Crippen molar-refractivity contribution in [3.8, 4) is 0 Å². The Morgan fingerprint density at radius 1 is 1.40 bits per heavy atom. The maximum absolute atomic E-state index is 5.81. The van der Waals surface area contributed by atoms with Crippen LogP contribution in [0.2, 0.25) is 0 Å².